The molecule has 0 aliphatic carbocycles. The first-order chi connectivity index (χ1) is 12.1. The molecule has 1 N–H and O–H groups in total. The van der Waals surface area contributed by atoms with Gasteiger partial charge < -0.3 is 10.0 Å². The maximum atomic E-state index is 12.6. The van der Waals surface area contributed by atoms with Crippen molar-refractivity contribution >= 4 is 11.9 Å². The quantitative estimate of drug-likeness (QED) is 0.897. The lowest BCUT2D eigenvalue weighted by Gasteiger charge is -2.32. The molecule has 2 aromatic rings. The minimum Gasteiger partial charge on any atom is -0.481 e. The number of rotatable bonds is 5. The summed E-state index contributed by atoms with van der Waals surface area (Å²) >= 11 is 0. The van der Waals surface area contributed by atoms with Crippen LogP contribution >= 0.6 is 0 Å². The molecule has 2 aromatic heterocycles. The number of pyridine rings is 1. The number of carboxylic acids is 1. The van der Waals surface area contributed by atoms with Gasteiger partial charge >= 0.3 is 5.97 Å². The van der Waals surface area contributed by atoms with Crippen molar-refractivity contribution in [3.63, 3.8) is 0 Å². The summed E-state index contributed by atoms with van der Waals surface area (Å²) in [4.78, 5) is 37.8. The van der Waals surface area contributed by atoms with Crippen LogP contribution in [-0.4, -0.2) is 49.9 Å². The van der Waals surface area contributed by atoms with Gasteiger partial charge in [0, 0.05) is 38.1 Å². The zero-order chi connectivity index (χ0) is 17.6. The molecule has 1 aliphatic heterocycles. The molecule has 7 nitrogen and oxygen atoms in total. The molecular formula is C18H20N4O3. The second-order valence-corrected chi connectivity index (χ2v) is 6.20. The molecule has 1 amide bonds. The molecule has 7 heteroatoms. The van der Waals surface area contributed by atoms with Gasteiger partial charge in [-0.3, -0.25) is 14.6 Å². The summed E-state index contributed by atoms with van der Waals surface area (Å²) in [5, 5.41) is 8.81. The Bertz CT molecular complexity index is 734. The molecule has 1 fully saturated rings. The number of carbonyl (C=O) groups is 2. The maximum Gasteiger partial charge on any atom is 0.303 e. The molecule has 0 saturated carbocycles. The number of carboxylic acid groups (broad SMARTS) is 1. The number of carbonyl (C=O) groups excluding carboxylic acids is 1. The van der Waals surface area contributed by atoms with Crippen molar-refractivity contribution in [2.45, 2.75) is 25.7 Å². The van der Waals surface area contributed by atoms with Gasteiger partial charge in [-0.1, -0.05) is 6.07 Å². The van der Waals surface area contributed by atoms with Crippen LogP contribution in [0.5, 0.6) is 0 Å². The summed E-state index contributed by atoms with van der Waals surface area (Å²) in [5.41, 5.74) is 1.10. The molecule has 1 atom stereocenters. The number of likely N-dealkylation sites (tertiary alicyclic amines) is 1. The van der Waals surface area contributed by atoms with E-state index in [4.69, 9.17) is 5.11 Å². The lowest BCUT2D eigenvalue weighted by molar-refractivity contribution is -0.137. The van der Waals surface area contributed by atoms with Gasteiger partial charge in [-0.25, -0.2) is 9.97 Å². The van der Waals surface area contributed by atoms with Crippen LogP contribution in [0.15, 0.2) is 36.8 Å². The molecule has 3 heterocycles. The Morgan fingerprint density at radius 1 is 1.20 bits per heavy atom. The fourth-order valence-corrected chi connectivity index (χ4v) is 3.06. The van der Waals surface area contributed by atoms with Crippen LogP contribution in [0.1, 0.15) is 36.0 Å². The van der Waals surface area contributed by atoms with E-state index in [0.717, 1.165) is 12.8 Å². The highest BCUT2D eigenvalue weighted by atomic mass is 16.4. The van der Waals surface area contributed by atoms with E-state index in [-0.39, 0.29) is 18.2 Å². The third-order valence-electron chi connectivity index (χ3n) is 4.37. The smallest absolute Gasteiger partial charge is 0.303 e. The number of hydrogen-bond donors (Lipinski definition) is 1. The van der Waals surface area contributed by atoms with Gasteiger partial charge in [0.25, 0.3) is 5.91 Å². The second kappa shape index (κ2) is 7.83. The number of nitrogens with zero attached hydrogens (tertiary/aromatic N) is 4. The summed E-state index contributed by atoms with van der Waals surface area (Å²) in [6.45, 7) is 1.28. The van der Waals surface area contributed by atoms with E-state index in [0.29, 0.717) is 36.6 Å². The fraction of sp³-hybridized carbons (Fsp3) is 0.389. The molecule has 0 radical (unpaired) electrons. The van der Waals surface area contributed by atoms with Crippen molar-refractivity contribution in [1.82, 2.24) is 19.9 Å². The highest BCUT2D eigenvalue weighted by Gasteiger charge is 2.25. The summed E-state index contributed by atoms with van der Waals surface area (Å²) in [7, 11) is 0. The van der Waals surface area contributed by atoms with Gasteiger partial charge in [0.15, 0.2) is 5.82 Å². The topological polar surface area (TPSA) is 96.3 Å². The zero-order valence-electron chi connectivity index (χ0n) is 13.8. The van der Waals surface area contributed by atoms with Crippen LogP contribution in [0.25, 0.3) is 11.5 Å². The Morgan fingerprint density at radius 3 is 2.68 bits per heavy atom. The van der Waals surface area contributed by atoms with E-state index in [1.807, 2.05) is 18.2 Å². The molecule has 0 bridgehead atoms. The van der Waals surface area contributed by atoms with E-state index >= 15 is 0 Å². The lowest BCUT2D eigenvalue weighted by Crippen LogP contribution is -2.40. The highest BCUT2D eigenvalue weighted by molar-refractivity contribution is 5.93. The van der Waals surface area contributed by atoms with Gasteiger partial charge in [-0.2, -0.15) is 0 Å². The molecule has 3 rings (SSSR count). The third-order valence-corrected chi connectivity index (χ3v) is 4.37. The van der Waals surface area contributed by atoms with E-state index in [1.54, 1.807) is 11.1 Å². The van der Waals surface area contributed by atoms with Crippen LogP contribution in [0, 0.1) is 5.92 Å². The first kappa shape index (κ1) is 17.0. The first-order valence-electron chi connectivity index (χ1n) is 8.38. The summed E-state index contributed by atoms with van der Waals surface area (Å²) in [5.74, 6) is -0.174. The average Bonchev–Trinajstić information content (AvgIpc) is 2.67. The molecule has 1 aliphatic rings. The van der Waals surface area contributed by atoms with Gasteiger partial charge in [-0.05, 0) is 37.3 Å². The van der Waals surface area contributed by atoms with Crippen molar-refractivity contribution in [3.05, 3.63) is 42.4 Å². The Labute approximate surface area is 145 Å². The van der Waals surface area contributed by atoms with Gasteiger partial charge in [0.2, 0.25) is 0 Å². The number of aliphatic carboxylic acids is 1. The SMILES string of the molecule is O=C(O)CCC1CCCN(C(=O)c2cnc(-c3ccccn3)nc2)C1. The minimum absolute atomic E-state index is 0.104. The lowest BCUT2D eigenvalue weighted by atomic mass is 9.93. The van der Waals surface area contributed by atoms with Gasteiger partial charge in [0.05, 0.1) is 5.56 Å². The predicted molar refractivity (Wildman–Crippen MR) is 90.8 cm³/mol. The van der Waals surface area contributed by atoms with E-state index in [9.17, 15) is 9.59 Å². The van der Waals surface area contributed by atoms with Crippen LogP contribution in [0.2, 0.25) is 0 Å². The zero-order valence-corrected chi connectivity index (χ0v) is 13.8. The van der Waals surface area contributed by atoms with Crippen LogP contribution in [0.3, 0.4) is 0 Å². The van der Waals surface area contributed by atoms with Crippen LogP contribution in [-0.2, 0) is 4.79 Å². The van der Waals surface area contributed by atoms with Crippen molar-refractivity contribution < 1.29 is 14.7 Å². The molecular weight excluding hydrogens is 320 g/mol. The Kier molecular flexibility index (Phi) is 5.33. The number of hydrogen-bond acceptors (Lipinski definition) is 5. The molecule has 1 unspecified atom stereocenters. The Morgan fingerprint density at radius 2 is 2.00 bits per heavy atom. The normalized spacial score (nSPS) is 17.3. The van der Waals surface area contributed by atoms with Gasteiger partial charge in [-0.15, -0.1) is 0 Å². The standard InChI is InChI=1S/C18H20N4O3/c23-16(24)7-6-13-4-3-9-22(12-13)18(25)14-10-20-17(21-11-14)15-5-1-2-8-19-15/h1-2,5,8,10-11,13H,3-4,6-7,9,12H2,(H,23,24). The molecule has 0 aromatic carbocycles. The van der Waals surface area contributed by atoms with Crippen molar-refractivity contribution in [2.24, 2.45) is 5.92 Å². The summed E-state index contributed by atoms with van der Waals surface area (Å²) < 4.78 is 0. The molecule has 0 spiro atoms. The molecule has 25 heavy (non-hydrogen) atoms. The molecule has 130 valence electrons. The highest BCUT2D eigenvalue weighted by Crippen LogP contribution is 2.22. The van der Waals surface area contributed by atoms with E-state index in [1.165, 1.54) is 12.4 Å². The summed E-state index contributed by atoms with van der Waals surface area (Å²) in [6, 6.07) is 5.49. The van der Waals surface area contributed by atoms with E-state index in [2.05, 4.69) is 15.0 Å². The monoisotopic (exact) mass is 340 g/mol. The number of amides is 1. The summed E-state index contributed by atoms with van der Waals surface area (Å²) in [6.07, 6.45) is 7.33. The predicted octanol–water partition coefficient (Wildman–Crippen LogP) is 2.26. The average molecular weight is 340 g/mol. The van der Waals surface area contributed by atoms with Crippen molar-refractivity contribution in [1.29, 1.82) is 0 Å². The maximum absolute atomic E-state index is 12.6. The van der Waals surface area contributed by atoms with Crippen LogP contribution < -0.4 is 0 Å². The Hall–Kier alpha value is -2.83. The number of aromatic nitrogens is 3. The van der Waals surface area contributed by atoms with E-state index < -0.39 is 5.97 Å². The van der Waals surface area contributed by atoms with Crippen LogP contribution in [0.4, 0.5) is 0 Å². The van der Waals surface area contributed by atoms with Crippen molar-refractivity contribution in [2.75, 3.05) is 13.1 Å². The Balaban J connectivity index is 1.65. The molecule has 1 saturated heterocycles. The minimum atomic E-state index is -0.790. The van der Waals surface area contributed by atoms with Gasteiger partial charge in [0.1, 0.15) is 5.69 Å². The van der Waals surface area contributed by atoms with Crippen molar-refractivity contribution in [3.8, 4) is 11.5 Å². The fourth-order valence-electron chi connectivity index (χ4n) is 3.06. The second-order valence-electron chi connectivity index (χ2n) is 6.20. The number of piperidine rings is 1. The largest absolute Gasteiger partial charge is 0.481 e. The first-order valence-corrected chi connectivity index (χ1v) is 8.38. The third kappa shape index (κ3) is 4.37.